The zero-order valence-corrected chi connectivity index (χ0v) is 15.8. The molecule has 1 heterocycles. The summed E-state index contributed by atoms with van der Waals surface area (Å²) in [7, 11) is 0. The fourth-order valence-corrected chi connectivity index (χ4v) is 3.49. The van der Waals surface area contributed by atoms with Crippen molar-refractivity contribution in [3.05, 3.63) is 46.1 Å². The summed E-state index contributed by atoms with van der Waals surface area (Å²) in [6.45, 7) is -0.250. The minimum Gasteiger partial charge on any atom is -0.396 e. The van der Waals surface area contributed by atoms with Crippen LogP contribution in [0.1, 0.15) is 23.1 Å². The first-order valence-electron chi connectivity index (χ1n) is 8.87. The Kier molecular flexibility index (Phi) is 6.48. The van der Waals surface area contributed by atoms with Crippen molar-refractivity contribution in [2.24, 2.45) is 5.92 Å². The average molecular weight is 407 g/mol. The van der Waals surface area contributed by atoms with Crippen LogP contribution in [0.3, 0.4) is 0 Å². The molecule has 150 valence electrons. The standard InChI is InChI=1S/C19H23ClN4O4/c20-17-13(6-5-10-1-3-11(8-25)4-2-10)18(24-19(21)23-17)22-14-7-12(9-26)15(27)16(14)28/h1-6,12,14-16,25-28H,7-9H2,(H3,21,22,23,24)/t12-,14-,15-,16+/m1/s1. The third kappa shape index (κ3) is 4.43. The first-order valence-corrected chi connectivity index (χ1v) is 9.25. The molecule has 7 N–H and O–H groups in total. The molecule has 8 nitrogen and oxygen atoms in total. The Morgan fingerprint density at radius 2 is 1.82 bits per heavy atom. The first kappa shape index (κ1) is 20.5. The van der Waals surface area contributed by atoms with E-state index < -0.39 is 24.2 Å². The second kappa shape index (κ2) is 8.85. The minimum atomic E-state index is -1.06. The lowest BCUT2D eigenvalue weighted by Crippen LogP contribution is -2.35. The van der Waals surface area contributed by atoms with Crippen LogP contribution in [0.15, 0.2) is 24.3 Å². The molecule has 1 aromatic heterocycles. The van der Waals surface area contributed by atoms with Crippen molar-refractivity contribution < 1.29 is 20.4 Å². The van der Waals surface area contributed by atoms with E-state index >= 15 is 0 Å². The van der Waals surface area contributed by atoms with Crippen LogP contribution in [0.25, 0.3) is 12.2 Å². The number of aliphatic hydroxyl groups excluding tert-OH is 4. The number of benzene rings is 1. The van der Waals surface area contributed by atoms with Gasteiger partial charge < -0.3 is 31.5 Å². The molecule has 28 heavy (non-hydrogen) atoms. The maximum absolute atomic E-state index is 10.2. The van der Waals surface area contributed by atoms with Gasteiger partial charge in [-0.1, -0.05) is 41.9 Å². The van der Waals surface area contributed by atoms with Crippen LogP contribution in [-0.2, 0) is 6.61 Å². The van der Waals surface area contributed by atoms with Crippen molar-refractivity contribution in [3.63, 3.8) is 0 Å². The number of nitrogens with one attached hydrogen (secondary N) is 1. The molecule has 0 amide bonds. The number of halogens is 1. The summed E-state index contributed by atoms with van der Waals surface area (Å²) in [5.41, 5.74) is 7.88. The van der Waals surface area contributed by atoms with Crippen molar-refractivity contribution in [3.8, 4) is 0 Å². The maximum Gasteiger partial charge on any atom is 0.223 e. The number of anilines is 2. The normalized spacial score (nSPS) is 24.8. The molecule has 1 fully saturated rings. The molecule has 1 aliphatic carbocycles. The predicted octanol–water partition coefficient (Wildman–Crippen LogP) is 0.889. The van der Waals surface area contributed by atoms with Crippen LogP contribution < -0.4 is 11.1 Å². The minimum absolute atomic E-state index is 0.0244. The fourth-order valence-electron chi connectivity index (χ4n) is 3.25. The molecule has 0 unspecified atom stereocenters. The molecule has 1 aromatic carbocycles. The van der Waals surface area contributed by atoms with Gasteiger partial charge in [0, 0.05) is 12.5 Å². The third-order valence-electron chi connectivity index (χ3n) is 4.88. The Bertz CT molecular complexity index is 847. The second-order valence-corrected chi connectivity index (χ2v) is 7.14. The number of nitrogens with two attached hydrogens (primary N) is 1. The van der Waals surface area contributed by atoms with Gasteiger partial charge in [0.15, 0.2) is 0 Å². The van der Waals surface area contributed by atoms with Crippen LogP contribution in [0.2, 0.25) is 5.15 Å². The lowest BCUT2D eigenvalue weighted by molar-refractivity contribution is 0.00445. The number of rotatable bonds is 6. The molecule has 2 aromatic rings. The van der Waals surface area contributed by atoms with Gasteiger partial charge >= 0.3 is 0 Å². The number of nitrogens with zero attached hydrogens (tertiary/aromatic N) is 2. The third-order valence-corrected chi connectivity index (χ3v) is 5.17. The lowest BCUT2D eigenvalue weighted by Gasteiger charge is -2.20. The Balaban J connectivity index is 1.86. The maximum atomic E-state index is 10.2. The summed E-state index contributed by atoms with van der Waals surface area (Å²) in [5.74, 6) is -0.120. The highest BCUT2D eigenvalue weighted by molar-refractivity contribution is 6.31. The van der Waals surface area contributed by atoms with Gasteiger partial charge in [-0.2, -0.15) is 4.98 Å². The number of hydrogen-bond donors (Lipinski definition) is 6. The molecular formula is C19H23ClN4O4. The number of aromatic nitrogens is 2. The van der Waals surface area contributed by atoms with Crippen molar-refractivity contribution in [2.75, 3.05) is 17.7 Å². The fraction of sp³-hybridized carbons (Fsp3) is 0.368. The van der Waals surface area contributed by atoms with E-state index in [1.807, 2.05) is 30.3 Å². The monoisotopic (exact) mass is 406 g/mol. The Hall–Kier alpha value is -2.23. The van der Waals surface area contributed by atoms with Crippen molar-refractivity contribution >= 4 is 35.5 Å². The first-order chi connectivity index (χ1) is 13.4. The second-order valence-electron chi connectivity index (χ2n) is 6.78. The van der Waals surface area contributed by atoms with Gasteiger partial charge in [-0.3, -0.25) is 0 Å². The lowest BCUT2D eigenvalue weighted by atomic mass is 10.1. The van der Waals surface area contributed by atoms with Gasteiger partial charge in [0.05, 0.1) is 24.3 Å². The summed E-state index contributed by atoms with van der Waals surface area (Å²) in [5, 5.41) is 41.9. The van der Waals surface area contributed by atoms with Gasteiger partial charge in [-0.25, -0.2) is 4.98 Å². The molecule has 0 radical (unpaired) electrons. The van der Waals surface area contributed by atoms with E-state index in [0.717, 1.165) is 11.1 Å². The van der Waals surface area contributed by atoms with E-state index in [0.29, 0.717) is 17.8 Å². The highest BCUT2D eigenvalue weighted by atomic mass is 35.5. The summed E-state index contributed by atoms with van der Waals surface area (Å²) in [6.07, 6.45) is 1.81. The molecule has 4 atom stereocenters. The number of nitrogen functional groups attached to an aromatic ring is 1. The Morgan fingerprint density at radius 3 is 2.43 bits per heavy atom. The molecule has 1 saturated carbocycles. The molecule has 3 rings (SSSR count). The zero-order valence-electron chi connectivity index (χ0n) is 15.0. The van der Waals surface area contributed by atoms with Gasteiger partial charge in [0.1, 0.15) is 17.1 Å². The largest absolute Gasteiger partial charge is 0.396 e. The summed E-state index contributed by atoms with van der Waals surface area (Å²) < 4.78 is 0. The van der Waals surface area contributed by atoms with E-state index in [1.165, 1.54) is 0 Å². The van der Waals surface area contributed by atoms with E-state index in [2.05, 4.69) is 15.3 Å². The molecule has 1 aliphatic rings. The molecular weight excluding hydrogens is 384 g/mol. The van der Waals surface area contributed by atoms with Gasteiger partial charge in [0.25, 0.3) is 0 Å². The van der Waals surface area contributed by atoms with Gasteiger partial charge in [-0.15, -0.1) is 0 Å². The van der Waals surface area contributed by atoms with Gasteiger partial charge in [0.2, 0.25) is 5.95 Å². The summed E-state index contributed by atoms with van der Waals surface area (Å²) in [4.78, 5) is 8.15. The van der Waals surface area contributed by atoms with Crippen molar-refractivity contribution in [2.45, 2.75) is 31.3 Å². The SMILES string of the molecule is Nc1nc(Cl)c(C=Cc2ccc(CO)cc2)c(N[C@@H]2C[C@H](CO)[C@@H](O)[C@H]2O)n1. The van der Waals surface area contributed by atoms with Crippen LogP contribution in [0.5, 0.6) is 0 Å². The smallest absolute Gasteiger partial charge is 0.223 e. The van der Waals surface area contributed by atoms with Crippen LogP contribution in [0, 0.1) is 5.92 Å². The molecule has 0 spiro atoms. The van der Waals surface area contributed by atoms with E-state index in [9.17, 15) is 15.3 Å². The predicted molar refractivity (Wildman–Crippen MR) is 107 cm³/mol. The van der Waals surface area contributed by atoms with Crippen LogP contribution in [-0.4, -0.2) is 55.3 Å². The van der Waals surface area contributed by atoms with Crippen LogP contribution in [0.4, 0.5) is 11.8 Å². The number of aliphatic hydroxyl groups is 4. The van der Waals surface area contributed by atoms with Crippen molar-refractivity contribution in [1.82, 2.24) is 9.97 Å². The zero-order chi connectivity index (χ0) is 20.3. The highest BCUT2D eigenvalue weighted by Gasteiger charge is 2.41. The Morgan fingerprint density at radius 1 is 1.11 bits per heavy atom. The molecule has 0 bridgehead atoms. The van der Waals surface area contributed by atoms with E-state index in [-0.39, 0.29) is 24.3 Å². The quantitative estimate of drug-likeness (QED) is 0.388. The average Bonchev–Trinajstić information content (AvgIpc) is 2.95. The Labute approximate surface area is 167 Å². The topological polar surface area (TPSA) is 145 Å². The van der Waals surface area contributed by atoms with Crippen molar-refractivity contribution in [1.29, 1.82) is 0 Å². The van der Waals surface area contributed by atoms with Crippen LogP contribution >= 0.6 is 11.6 Å². The molecule has 9 heteroatoms. The summed E-state index contributed by atoms with van der Waals surface area (Å²) in [6, 6.07) is 6.80. The molecule has 0 aliphatic heterocycles. The summed E-state index contributed by atoms with van der Waals surface area (Å²) >= 11 is 6.25. The number of hydrogen-bond acceptors (Lipinski definition) is 8. The van der Waals surface area contributed by atoms with E-state index in [4.69, 9.17) is 22.4 Å². The molecule has 0 saturated heterocycles. The van der Waals surface area contributed by atoms with Gasteiger partial charge in [-0.05, 0) is 23.6 Å². The van der Waals surface area contributed by atoms with E-state index in [1.54, 1.807) is 6.08 Å². The highest BCUT2D eigenvalue weighted by Crippen LogP contribution is 2.31.